The lowest BCUT2D eigenvalue weighted by molar-refractivity contribution is 0.624. The monoisotopic (exact) mass is 270 g/mol. The van der Waals surface area contributed by atoms with Crippen molar-refractivity contribution in [3.8, 4) is 6.07 Å². The molecule has 5 heteroatoms. The third-order valence-electron chi connectivity index (χ3n) is 2.69. The van der Waals surface area contributed by atoms with Crippen LogP contribution >= 0.6 is 0 Å². The van der Waals surface area contributed by atoms with Crippen LogP contribution in [0, 0.1) is 17.1 Å². The van der Waals surface area contributed by atoms with Crippen LogP contribution in [0.4, 0.5) is 21.7 Å². The maximum absolute atomic E-state index is 13.5. The summed E-state index contributed by atoms with van der Waals surface area (Å²) in [7, 11) is 0. The van der Waals surface area contributed by atoms with Gasteiger partial charge >= 0.3 is 0 Å². The lowest BCUT2D eigenvalue weighted by Crippen LogP contribution is -2.04. The van der Waals surface area contributed by atoms with E-state index in [-0.39, 0.29) is 5.56 Å². The quantitative estimate of drug-likeness (QED) is 0.870. The Labute approximate surface area is 117 Å². The molecule has 2 aromatic rings. The summed E-state index contributed by atoms with van der Waals surface area (Å²) < 4.78 is 13.5. The van der Waals surface area contributed by atoms with Gasteiger partial charge in [0.25, 0.3) is 0 Å². The largest absolute Gasteiger partial charge is 0.370 e. The van der Waals surface area contributed by atoms with E-state index in [1.807, 2.05) is 18.2 Å². The van der Waals surface area contributed by atoms with Gasteiger partial charge in [-0.3, -0.25) is 0 Å². The Bertz CT molecular complexity index is 634. The van der Waals surface area contributed by atoms with E-state index in [0.717, 1.165) is 18.8 Å². The fraction of sp³-hybridized carbons (Fsp3) is 0.200. The van der Waals surface area contributed by atoms with Gasteiger partial charge in [-0.05, 0) is 30.7 Å². The van der Waals surface area contributed by atoms with E-state index < -0.39 is 5.82 Å². The van der Waals surface area contributed by atoms with Crippen molar-refractivity contribution >= 4 is 17.3 Å². The first-order chi connectivity index (χ1) is 9.74. The Hall–Kier alpha value is -2.61. The van der Waals surface area contributed by atoms with Crippen LogP contribution < -0.4 is 10.6 Å². The van der Waals surface area contributed by atoms with Crippen LogP contribution in [0.1, 0.15) is 18.9 Å². The number of nitriles is 1. The zero-order valence-electron chi connectivity index (χ0n) is 11.2. The van der Waals surface area contributed by atoms with Gasteiger partial charge in [0.05, 0.1) is 5.69 Å². The van der Waals surface area contributed by atoms with Crippen molar-refractivity contribution < 1.29 is 4.39 Å². The zero-order chi connectivity index (χ0) is 14.4. The molecular formula is C15H15FN4. The Kier molecular flexibility index (Phi) is 4.51. The molecule has 102 valence electrons. The number of pyridine rings is 1. The molecule has 0 saturated carbocycles. The number of nitrogens with zero attached hydrogens (tertiary/aromatic N) is 2. The van der Waals surface area contributed by atoms with Gasteiger partial charge in [-0.15, -0.1) is 0 Å². The Morgan fingerprint density at radius 2 is 1.95 bits per heavy atom. The maximum Gasteiger partial charge on any atom is 0.143 e. The Morgan fingerprint density at radius 1 is 1.20 bits per heavy atom. The third-order valence-corrected chi connectivity index (χ3v) is 2.69. The minimum atomic E-state index is -0.544. The van der Waals surface area contributed by atoms with E-state index in [1.54, 1.807) is 18.2 Å². The van der Waals surface area contributed by atoms with Crippen molar-refractivity contribution in [3.63, 3.8) is 0 Å². The van der Waals surface area contributed by atoms with E-state index in [0.29, 0.717) is 11.5 Å². The molecule has 0 unspecified atom stereocenters. The molecule has 0 atom stereocenters. The Morgan fingerprint density at radius 3 is 2.70 bits per heavy atom. The molecule has 0 radical (unpaired) electrons. The van der Waals surface area contributed by atoms with E-state index in [1.165, 1.54) is 6.07 Å². The SMILES string of the molecule is CCCNc1cccc(Nc2cccc(F)c2C#N)n1. The summed E-state index contributed by atoms with van der Waals surface area (Å²) in [5.41, 5.74) is 0.397. The minimum Gasteiger partial charge on any atom is -0.370 e. The second kappa shape index (κ2) is 6.53. The van der Waals surface area contributed by atoms with Crippen molar-refractivity contribution in [3.05, 3.63) is 47.8 Å². The summed E-state index contributed by atoms with van der Waals surface area (Å²) in [6.45, 7) is 2.90. The molecule has 0 aliphatic heterocycles. The normalized spacial score (nSPS) is 9.85. The molecule has 4 nitrogen and oxygen atoms in total. The van der Waals surface area contributed by atoms with Crippen LogP contribution in [0.15, 0.2) is 36.4 Å². The standard InChI is InChI=1S/C15H15FN4/c1-2-9-18-14-7-4-8-15(20-14)19-13-6-3-5-12(16)11(13)10-17/h3-8H,2,9H2,1H3,(H2,18,19,20). The van der Waals surface area contributed by atoms with Gasteiger partial charge in [0.1, 0.15) is 29.1 Å². The number of nitrogens with one attached hydrogen (secondary N) is 2. The predicted molar refractivity (Wildman–Crippen MR) is 77.4 cm³/mol. The summed E-state index contributed by atoms with van der Waals surface area (Å²) in [6.07, 6.45) is 1.00. The van der Waals surface area contributed by atoms with E-state index in [4.69, 9.17) is 5.26 Å². The van der Waals surface area contributed by atoms with Gasteiger partial charge in [-0.2, -0.15) is 5.26 Å². The number of aromatic nitrogens is 1. The second-order valence-corrected chi connectivity index (χ2v) is 4.23. The highest BCUT2D eigenvalue weighted by atomic mass is 19.1. The van der Waals surface area contributed by atoms with Crippen molar-refractivity contribution in [2.45, 2.75) is 13.3 Å². The number of benzene rings is 1. The number of rotatable bonds is 5. The number of hydrogen-bond acceptors (Lipinski definition) is 4. The first kappa shape index (κ1) is 13.8. The van der Waals surface area contributed by atoms with Gasteiger partial charge in [0.15, 0.2) is 0 Å². The molecule has 0 aliphatic rings. The molecular weight excluding hydrogens is 255 g/mol. The summed E-state index contributed by atoms with van der Waals surface area (Å²) >= 11 is 0. The molecule has 2 rings (SSSR count). The average molecular weight is 270 g/mol. The van der Waals surface area contributed by atoms with Crippen molar-refractivity contribution in [2.75, 3.05) is 17.2 Å². The van der Waals surface area contributed by atoms with Gasteiger partial charge in [0, 0.05) is 6.54 Å². The molecule has 0 amide bonds. The van der Waals surface area contributed by atoms with Crippen LogP contribution in [0.5, 0.6) is 0 Å². The van der Waals surface area contributed by atoms with E-state index >= 15 is 0 Å². The maximum atomic E-state index is 13.5. The molecule has 0 aliphatic carbocycles. The fourth-order valence-electron chi connectivity index (χ4n) is 1.74. The molecule has 0 bridgehead atoms. The van der Waals surface area contributed by atoms with Crippen LogP contribution in [0.3, 0.4) is 0 Å². The molecule has 0 saturated heterocycles. The lowest BCUT2D eigenvalue weighted by Gasteiger charge is -2.10. The average Bonchev–Trinajstić information content (AvgIpc) is 2.46. The van der Waals surface area contributed by atoms with E-state index in [2.05, 4.69) is 22.5 Å². The van der Waals surface area contributed by atoms with Crippen LogP contribution in [-0.4, -0.2) is 11.5 Å². The van der Waals surface area contributed by atoms with Crippen molar-refractivity contribution in [1.29, 1.82) is 5.26 Å². The summed E-state index contributed by atoms with van der Waals surface area (Å²) in [5, 5.41) is 15.1. The predicted octanol–water partition coefficient (Wildman–Crippen LogP) is 3.66. The highest BCUT2D eigenvalue weighted by Gasteiger charge is 2.08. The molecule has 20 heavy (non-hydrogen) atoms. The highest BCUT2D eigenvalue weighted by Crippen LogP contribution is 2.22. The molecule has 0 fully saturated rings. The summed E-state index contributed by atoms with van der Waals surface area (Å²) in [5.74, 6) is 0.762. The first-order valence-corrected chi connectivity index (χ1v) is 6.41. The number of halogens is 1. The molecule has 1 aromatic heterocycles. The smallest absolute Gasteiger partial charge is 0.143 e. The zero-order valence-corrected chi connectivity index (χ0v) is 11.2. The van der Waals surface area contributed by atoms with E-state index in [9.17, 15) is 4.39 Å². The van der Waals surface area contributed by atoms with Gasteiger partial charge < -0.3 is 10.6 Å². The van der Waals surface area contributed by atoms with Gasteiger partial charge in [-0.25, -0.2) is 9.37 Å². The number of anilines is 3. The molecule has 2 N–H and O–H groups in total. The van der Waals surface area contributed by atoms with Crippen LogP contribution in [0.2, 0.25) is 0 Å². The topological polar surface area (TPSA) is 60.7 Å². The lowest BCUT2D eigenvalue weighted by atomic mass is 10.2. The summed E-state index contributed by atoms with van der Waals surface area (Å²) in [4.78, 5) is 4.36. The minimum absolute atomic E-state index is 0.0128. The fourth-order valence-corrected chi connectivity index (χ4v) is 1.74. The third kappa shape index (κ3) is 3.23. The number of hydrogen-bond donors (Lipinski definition) is 2. The Balaban J connectivity index is 2.22. The van der Waals surface area contributed by atoms with Crippen molar-refractivity contribution in [1.82, 2.24) is 4.98 Å². The molecule has 0 spiro atoms. The van der Waals surface area contributed by atoms with Gasteiger partial charge in [-0.1, -0.05) is 19.1 Å². The van der Waals surface area contributed by atoms with Crippen molar-refractivity contribution in [2.24, 2.45) is 0 Å². The molecule has 1 heterocycles. The summed E-state index contributed by atoms with van der Waals surface area (Å²) in [6, 6.07) is 11.8. The molecule has 1 aromatic carbocycles. The first-order valence-electron chi connectivity index (χ1n) is 6.41. The van der Waals surface area contributed by atoms with Crippen LogP contribution in [-0.2, 0) is 0 Å². The second-order valence-electron chi connectivity index (χ2n) is 4.23. The highest BCUT2D eigenvalue weighted by molar-refractivity contribution is 5.65. The van der Waals surface area contributed by atoms with Gasteiger partial charge in [0.2, 0.25) is 0 Å². The van der Waals surface area contributed by atoms with Crippen LogP contribution in [0.25, 0.3) is 0 Å².